The molecule has 1 aromatic heterocycles. The number of tetrazole rings is 1. The number of carbonyl (C=O) groups excluding carboxylic acids is 1. The molecule has 2 heterocycles. The summed E-state index contributed by atoms with van der Waals surface area (Å²) in [5.74, 6) is 0.187. The highest BCUT2D eigenvalue weighted by Crippen LogP contribution is 2.21. The van der Waals surface area contributed by atoms with Gasteiger partial charge < -0.3 is 9.80 Å². The summed E-state index contributed by atoms with van der Waals surface area (Å²) < 4.78 is 13.1. The van der Waals surface area contributed by atoms with Crippen LogP contribution in [0.3, 0.4) is 0 Å². The van der Waals surface area contributed by atoms with Crippen molar-refractivity contribution in [2.24, 2.45) is 0 Å². The summed E-state index contributed by atoms with van der Waals surface area (Å²) in [4.78, 5) is 18.5. The minimum atomic E-state index is -0.504. The van der Waals surface area contributed by atoms with Gasteiger partial charge in [0.25, 0.3) is 0 Å². The molecule has 1 aliphatic heterocycles. The Morgan fingerprint density at radius 2 is 1.73 bits per heavy atom. The highest BCUT2D eigenvalue weighted by Gasteiger charge is 2.29. The van der Waals surface area contributed by atoms with E-state index in [9.17, 15) is 9.18 Å². The first-order valence-electron chi connectivity index (χ1n) is 9.90. The van der Waals surface area contributed by atoms with Crippen LogP contribution in [0.25, 0.3) is 11.4 Å². The lowest BCUT2D eigenvalue weighted by atomic mass is 10.1. The summed E-state index contributed by atoms with van der Waals surface area (Å²) in [6.45, 7) is 4.49. The van der Waals surface area contributed by atoms with E-state index in [1.165, 1.54) is 16.9 Å². The summed E-state index contributed by atoms with van der Waals surface area (Å²) in [6.07, 6.45) is 0.563. The highest BCUT2D eigenvalue weighted by molar-refractivity contribution is 6.30. The Labute approximate surface area is 179 Å². The Morgan fingerprint density at radius 1 is 1.07 bits per heavy atom. The smallest absolute Gasteiger partial charge is 0.249 e. The van der Waals surface area contributed by atoms with E-state index in [1.54, 1.807) is 24.3 Å². The molecule has 156 valence electrons. The predicted molar refractivity (Wildman–Crippen MR) is 113 cm³/mol. The molecule has 3 aromatic rings. The first-order chi connectivity index (χ1) is 14.5. The van der Waals surface area contributed by atoms with Crippen LogP contribution < -0.4 is 4.90 Å². The minimum Gasteiger partial charge on any atom is -0.368 e. The maximum absolute atomic E-state index is 13.1. The van der Waals surface area contributed by atoms with Gasteiger partial charge in [-0.1, -0.05) is 18.5 Å². The SMILES string of the molecule is CCC(C(=O)N1CCN(c2ccc(F)cc2)CC1)n1nnc(-c2ccc(Cl)cc2)n1. The van der Waals surface area contributed by atoms with Crippen molar-refractivity contribution in [1.82, 2.24) is 25.1 Å². The summed E-state index contributed by atoms with van der Waals surface area (Å²) in [7, 11) is 0. The molecule has 0 aliphatic carbocycles. The standard InChI is InChI=1S/C21H22ClFN6O/c1-2-19(29-25-20(24-26-29)15-3-5-16(22)6-4-15)21(30)28-13-11-27(12-14-28)18-9-7-17(23)8-10-18/h3-10,19H,2,11-14H2,1H3. The van der Waals surface area contributed by atoms with Crippen LogP contribution in [0.4, 0.5) is 10.1 Å². The number of halogens is 2. The van der Waals surface area contributed by atoms with Crippen molar-refractivity contribution in [3.8, 4) is 11.4 Å². The maximum Gasteiger partial charge on any atom is 0.249 e. The fourth-order valence-electron chi connectivity index (χ4n) is 3.56. The summed E-state index contributed by atoms with van der Waals surface area (Å²) >= 11 is 5.93. The molecule has 7 nitrogen and oxygen atoms in total. The topological polar surface area (TPSA) is 67.2 Å². The molecule has 1 aliphatic rings. The number of hydrogen-bond acceptors (Lipinski definition) is 5. The van der Waals surface area contributed by atoms with Gasteiger partial charge in [0.1, 0.15) is 5.82 Å². The van der Waals surface area contributed by atoms with Gasteiger partial charge in [0.2, 0.25) is 11.7 Å². The first kappa shape index (κ1) is 20.3. The van der Waals surface area contributed by atoms with Crippen LogP contribution in [0.1, 0.15) is 19.4 Å². The number of carbonyl (C=O) groups is 1. The van der Waals surface area contributed by atoms with Crippen molar-refractivity contribution >= 4 is 23.2 Å². The maximum atomic E-state index is 13.1. The lowest BCUT2D eigenvalue weighted by Crippen LogP contribution is -2.50. The molecule has 0 radical (unpaired) electrons. The van der Waals surface area contributed by atoms with Crippen molar-refractivity contribution in [3.05, 3.63) is 59.4 Å². The molecule has 30 heavy (non-hydrogen) atoms. The monoisotopic (exact) mass is 428 g/mol. The molecule has 1 unspecified atom stereocenters. The van der Waals surface area contributed by atoms with Gasteiger partial charge in [-0.15, -0.1) is 10.2 Å². The van der Waals surface area contributed by atoms with Gasteiger partial charge in [0.15, 0.2) is 6.04 Å². The highest BCUT2D eigenvalue weighted by atomic mass is 35.5. The zero-order valence-corrected chi connectivity index (χ0v) is 17.3. The number of rotatable bonds is 5. The number of benzene rings is 2. The Hall–Kier alpha value is -3.00. The second-order valence-electron chi connectivity index (χ2n) is 7.15. The molecule has 1 fully saturated rings. The Morgan fingerprint density at radius 3 is 2.37 bits per heavy atom. The van der Waals surface area contributed by atoms with Crippen molar-refractivity contribution in [3.63, 3.8) is 0 Å². The van der Waals surface area contributed by atoms with Gasteiger partial charge in [-0.05, 0) is 60.2 Å². The van der Waals surface area contributed by atoms with Crippen LogP contribution in [0.15, 0.2) is 48.5 Å². The lowest BCUT2D eigenvalue weighted by Gasteiger charge is -2.37. The second-order valence-corrected chi connectivity index (χ2v) is 7.59. The van der Waals surface area contributed by atoms with E-state index >= 15 is 0 Å². The molecule has 1 saturated heterocycles. The number of anilines is 1. The van der Waals surface area contributed by atoms with Gasteiger partial charge in [-0.25, -0.2) is 4.39 Å². The third-order valence-corrected chi connectivity index (χ3v) is 5.52. The molecule has 9 heteroatoms. The van der Waals surface area contributed by atoms with Crippen molar-refractivity contribution in [2.45, 2.75) is 19.4 Å². The summed E-state index contributed by atoms with van der Waals surface area (Å²) in [6, 6.07) is 13.1. The fourth-order valence-corrected chi connectivity index (χ4v) is 3.68. The van der Waals surface area contributed by atoms with Crippen LogP contribution >= 0.6 is 11.6 Å². The first-order valence-corrected chi connectivity index (χ1v) is 10.3. The van der Waals surface area contributed by atoms with Crippen molar-refractivity contribution in [2.75, 3.05) is 31.1 Å². The largest absolute Gasteiger partial charge is 0.368 e. The number of aromatic nitrogens is 4. The molecule has 0 saturated carbocycles. The second kappa shape index (κ2) is 8.79. The molecule has 0 spiro atoms. The van der Waals surface area contributed by atoms with E-state index in [0.29, 0.717) is 43.4 Å². The molecule has 1 atom stereocenters. The molecule has 0 N–H and O–H groups in total. The van der Waals surface area contributed by atoms with Gasteiger partial charge >= 0.3 is 0 Å². The molecule has 1 amide bonds. The van der Waals surface area contributed by atoms with Gasteiger partial charge in [-0.3, -0.25) is 4.79 Å². The molecule has 0 bridgehead atoms. The molecule has 2 aromatic carbocycles. The van der Waals surface area contributed by atoms with Crippen LogP contribution in [0, 0.1) is 5.82 Å². The third kappa shape index (κ3) is 4.28. The quantitative estimate of drug-likeness (QED) is 0.622. The van der Waals surface area contributed by atoms with E-state index < -0.39 is 6.04 Å². The van der Waals surface area contributed by atoms with Crippen LogP contribution in [-0.2, 0) is 4.79 Å². The predicted octanol–water partition coefficient (Wildman–Crippen LogP) is 3.43. The van der Waals surface area contributed by atoms with E-state index in [-0.39, 0.29) is 11.7 Å². The molecule has 4 rings (SSSR count). The average molecular weight is 429 g/mol. The van der Waals surface area contributed by atoms with Gasteiger partial charge in [-0.2, -0.15) is 4.80 Å². The van der Waals surface area contributed by atoms with Crippen LogP contribution in [-0.4, -0.2) is 57.2 Å². The normalized spacial score (nSPS) is 15.3. The average Bonchev–Trinajstić information content (AvgIpc) is 3.25. The zero-order chi connectivity index (χ0) is 21.1. The molecular weight excluding hydrogens is 407 g/mol. The van der Waals surface area contributed by atoms with Crippen molar-refractivity contribution in [1.29, 1.82) is 0 Å². The van der Waals surface area contributed by atoms with Crippen molar-refractivity contribution < 1.29 is 9.18 Å². The summed E-state index contributed by atoms with van der Waals surface area (Å²) in [5, 5.41) is 13.3. The Kier molecular flexibility index (Phi) is 5.94. The zero-order valence-electron chi connectivity index (χ0n) is 16.6. The number of amides is 1. The lowest BCUT2D eigenvalue weighted by molar-refractivity contribution is -0.135. The van der Waals surface area contributed by atoms with E-state index in [2.05, 4.69) is 20.3 Å². The van der Waals surface area contributed by atoms with Crippen LogP contribution in [0.5, 0.6) is 0 Å². The minimum absolute atomic E-state index is 0.0173. The fraction of sp³-hybridized carbons (Fsp3) is 0.333. The number of hydrogen-bond donors (Lipinski definition) is 0. The van der Waals surface area contributed by atoms with Gasteiger partial charge in [0, 0.05) is 42.5 Å². The van der Waals surface area contributed by atoms with E-state index in [4.69, 9.17) is 11.6 Å². The van der Waals surface area contributed by atoms with Crippen LogP contribution in [0.2, 0.25) is 5.02 Å². The number of nitrogens with zero attached hydrogens (tertiary/aromatic N) is 6. The number of piperazine rings is 1. The van der Waals surface area contributed by atoms with E-state index in [0.717, 1.165) is 11.3 Å². The third-order valence-electron chi connectivity index (χ3n) is 5.26. The Balaban J connectivity index is 1.42. The van der Waals surface area contributed by atoms with E-state index in [1.807, 2.05) is 24.0 Å². The summed E-state index contributed by atoms with van der Waals surface area (Å²) in [5.41, 5.74) is 1.75. The molecular formula is C21H22ClFN6O. The Bertz CT molecular complexity index is 999. The van der Waals surface area contributed by atoms with Gasteiger partial charge in [0.05, 0.1) is 0 Å².